The summed E-state index contributed by atoms with van der Waals surface area (Å²) in [5, 5.41) is 14.7. The Morgan fingerprint density at radius 3 is 2.65 bits per heavy atom. The average Bonchev–Trinajstić information content (AvgIpc) is 2.34. The first-order valence-electron chi connectivity index (χ1n) is 6.55. The fourth-order valence-electron chi connectivity index (χ4n) is 1.52. The summed E-state index contributed by atoms with van der Waals surface area (Å²) in [5.74, 6) is 0.0603. The first-order valence-corrected chi connectivity index (χ1v) is 6.55. The van der Waals surface area contributed by atoms with Gasteiger partial charge in [0.25, 0.3) is 0 Å². The summed E-state index contributed by atoms with van der Waals surface area (Å²) in [6, 6.07) is 0.0565. The van der Waals surface area contributed by atoms with Crippen molar-refractivity contribution >= 4 is 5.91 Å². The first kappa shape index (κ1) is 16.4. The molecule has 0 bridgehead atoms. The normalized spacial score (nSPS) is 12.4. The number of unbranched alkanes of at least 4 members (excludes halogenated alkanes) is 2. The molecule has 0 saturated carbocycles. The van der Waals surface area contributed by atoms with Crippen LogP contribution in [-0.4, -0.2) is 43.3 Å². The number of nitrogens with one attached hydrogen (secondary N) is 2. The number of carbonyl (C=O) groups is 1. The molecule has 1 amide bonds. The van der Waals surface area contributed by atoms with Crippen LogP contribution >= 0.6 is 0 Å². The van der Waals surface area contributed by atoms with Gasteiger partial charge in [-0.3, -0.25) is 4.79 Å². The zero-order valence-electron chi connectivity index (χ0n) is 10.9. The summed E-state index contributed by atoms with van der Waals surface area (Å²) in [4.78, 5) is 11.5. The van der Waals surface area contributed by atoms with Gasteiger partial charge in [0.15, 0.2) is 0 Å². The van der Waals surface area contributed by atoms with E-state index in [1.807, 2.05) is 6.92 Å². The summed E-state index contributed by atoms with van der Waals surface area (Å²) in [6.45, 7) is 4.33. The van der Waals surface area contributed by atoms with Gasteiger partial charge in [0.1, 0.15) is 0 Å². The van der Waals surface area contributed by atoms with Crippen LogP contribution in [0.5, 0.6) is 0 Å². The van der Waals surface area contributed by atoms with Crippen molar-refractivity contribution in [1.82, 2.24) is 10.6 Å². The van der Waals surface area contributed by atoms with Crippen molar-refractivity contribution in [2.45, 2.75) is 45.1 Å². The molecule has 0 aromatic carbocycles. The average molecular weight is 245 g/mol. The van der Waals surface area contributed by atoms with E-state index >= 15 is 0 Å². The Morgan fingerprint density at radius 2 is 2.06 bits per heavy atom. The SMILES string of the molecule is CCCNC(=O)CC(CN)NCCCCCO. The standard InChI is InChI=1S/C12H27N3O2/c1-2-6-15-12(17)9-11(10-13)14-7-4-3-5-8-16/h11,14,16H,2-10,13H2,1H3,(H,15,17). The van der Waals surface area contributed by atoms with E-state index in [4.69, 9.17) is 10.8 Å². The minimum Gasteiger partial charge on any atom is -0.396 e. The van der Waals surface area contributed by atoms with Crippen molar-refractivity contribution in [3.8, 4) is 0 Å². The molecule has 5 heteroatoms. The molecule has 0 spiro atoms. The third kappa shape index (κ3) is 10.2. The summed E-state index contributed by atoms with van der Waals surface area (Å²) in [5.41, 5.74) is 5.61. The Labute approximate surface area is 104 Å². The Balaban J connectivity index is 3.57. The Hall–Kier alpha value is -0.650. The highest BCUT2D eigenvalue weighted by Crippen LogP contribution is 1.95. The monoisotopic (exact) mass is 245 g/mol. The van der Waals surface area contributed by atoms with Crippen molar-refractivity contribution < 1.29 is 9.90 Å². The number of nitrogens with two attached hydrogens (primary N) is 1. The lowest BCUT2D eigenvalue weighted by Gasteiger charge is -2.16. The molecule has 0 rings (SSSR count). The fraction of sp³-hybridized carbons (Fsp3) is 0.917. The lowest BCUT2D eigenvalue weighted by Crippen LogP contribution is -2.41. The quantitative estimate of drug-likeness (QED) is 0.385. The van der Waals surface area contributed by atoms with E-state index in [0.29, 0.717) is 13.0 Å². The van der Waals surface area contributed by atoms with Gasteiger partial charge in [-0.15, -0.1) is 0 Å². The van der Waals surface area contributed by atoms with Crippen LogP contribution in [-0.2, 0) is 4.79 Å². The minimum absolute atomic E-state index is 0.0565. The zero-order chi connectivity index (χ0) is 12.9. The van der Waals surface area contributed by atoms with Crippen molar-refractivity contribution in [2.24, 2.45) is 5.73 Å². The highest BCUT2D eigenvalue weighted by atomic mass is 16.2. The van der Waals surface area contributed by atoms with Crippen molar-refractivity contribution in [3.05, 3.63) is 0 Å². The second-order valence-electron chi connectivity index (χ2n) is 4.23. The largest absolute Gasteiger partial charge is 0.396 e. The van der Waals surface area contributed by atoms with E-state index < -0.39 is 0 Å². The molecule has 17 heavy (non-hydrogen) atoms. The van der Waals surface area contributed by atoms with Gasteiger partial charge >= 0.3 is 0 Å². The Bertz CT molecular complexity index is 189. The maximum absolute atomic E-state index is 11.5. The lowest BCUT2D eigenvalue weighted by molar-refractivity contribution is -0.121. The smallest absolute Gasteiger partial charge is 0.221 e. The van der Waals surface area contributed by atoms with Gasteiger partial charge < -0.3 is 21.5 Å². The van der Waals surface area contributed by atoms with Crippen LogP contribution in [0, 0.1) is 0 Å². The van der Waals surface area contributed by atoms with Crippen molar-refractivity contribution in [2.75, 3.05) is 26.2 Å². The van der Waals surface area contributed by atoms with Gasteiger partial charge in [-0.05, 0) is 32.2 Å². The first-order chi connectivity index (χ1) is 8.24. The Kier molecular flexibility index (Phi) is 11.4. The van der Waals surface area contributed by atoms with Crippen molar-refractivity contribution in [1.29, 1.82) is 0 Å². The van der Waals surface area contributed by atoms with Gasteiger partial charge in [0.2, 0.25) is 5.91 Å². The van der Waals surface area contributed by atoms with Gasteiger partial charge in [-0.2, -0.15) is 0 Å². The molecule has 102 valence electrons. The molecule has 0 aromatic rings. The topological polar surface area (TPSA) is 87.4 Å². The molecule has 5 nitrogen and oxygen atoms in total. The number of carbonyl (C=O) groups excluding carboxylic acids is 1. The van der Waals surface area contributed by atoms with Gasteiger partial charge in [0, 0.05) is 32.2 Å². The maximum atomic E-state index is 11.5. The molecule has 1 atom stereocenters. The minimum atomic E-state index is 0.0565. The van der Waals surface area contributed by atoms with Crippen LogP contribution in [0.25, 0.3) is 0 Å². The van der Waals surface area contributed by atoms with Gasteiger partial charge in [0.05, 0.1) is 0 Å². The summed E-state index contributed by atoms with van der Waals surface area (Å²) in [6.07, 6.45) is 4.24. The maximum Gasteiger partial charge on any atom is 0.221 e. The molecule has 0 aliphatic carbocycles. The molecule has 0 radical (unpaired) electrons. The van der Waals surface area contributed by atoms with E-state index in [2.05, 4.69) is 10.6 Å². The predicted molar refractivity (Wildman–Crippen MR) is 69.7 cm³/mol. The highest BCUT2D eigenvalue weighted by Gasteiger charge is 2.10. The molecular weight excluding hydrogens is 218 g/mol. The predicted octanol–water partition coefficient (Wildman–Crippen LogP) is -0.0178. The summed E-state index contributed by atoms with van der Waals surface area (Å²) in [7, 11) is 0. The molecule has 1 unspecified atom stereocenters. The number of rotatable bonds is 11. The van der Waals surface area contributed by atoms with Crippen LogP contribution in [0.1, 0.15) is 39.0 Å². The van der Waals surface area contributed by atoms with E-state index in [9.17, 15) is 4.79 Å². The van der Waals surface area contributed by atoms with E-state index in [0.717, 1.165) is 38.8 Å². The number of hydrogen-bond donors (Lipinski definition) is 4. The van der Waals surface area contributed by atoms with E-state index in [1.165, 1.54) is 0 Å². The molecule has 0 aliphatic heterocycles. The van der Waals surface area contributed by atoms with Crippen molar-refractivity contribution in [3.63, 3.8) is 0 Å². The molecule has 0 fully saturated rings. The molecular formula is C12H27N3O2. The number of hydrogen-bond acceptors (Lipinski definition) is 4. The third-order valence-electron chi connectivity index (χ3n) is 2.56. The molecule has 5 N–H and O–H groups in total. The van der Waals surface area contributed by atoms with Crippen LogP contribution in [0.15, 0.2) is 0 Å². The summed E-state index contributed by atoms with van der Waals surface area (Å²) >= 11 is 0. The number of amides is 1. The van der Waals surface area contributed by atoms with Crippen LogP contribution in [0.4, 0.5) is 0 Å². The fourth-order valence-corrected chi connectivity index (χ4v) is 1.52. The van der Waals surface area contributed by atoms with E-state index in [1.54, 1.807) is 0 Å². The molecule has 0 aliphatic rings. The molecule has 0 heterocycles. The van der Waals surface area contributed by atoms with Gasteiger partial charge in [-0.25, -0.2) is 0 Å². The molecule has 0 saturated heterocycles. The van der Waals surface area contributed by atoms with Crippen LogP contribution < -0.4 is 16.4 Å². The summed E-state index contributed by atoms with van der Waals surface area (Å²) < 4.78 is 0. The second-order valence-corrected chi connectivity index (χ2v) is 4.23. The second kappa shape index (κ2) is 11.8. The third-order valence-corrected chi connectivity index (χ3v) is 2.56. The number of aliphatic hydroxyl groups is 1. The number of aliphatic hydroxyl groups excluding tert-OH is 1. The van der Waals surface area contributed by atoms with Crippen LogP contribution in [0.3, 0.4) is 0 Å². The molecule has 0 aromatic heterocycles. The zero-order valence-corrected chi connectivity index (χ0v) is 10.9. The van der Waals surface area contributed by atoms with Gasteiger partial charge in [-0.1, -0.05) is 6.92 Å². The van der Waals surface area contributed by atoms with E-state index in [-0.39, 0.29) is 18.6 Å². The Morgan fingerprint density at radius 1 is 1.29 bits per heavy atom. The van der Waals surface area contributed by atoms with Crippen LogP contribution in [0.2, 0.25) is 0 Å². The lowest BCUT2D eigenvalue weighted by atomic mass is 10.1. The highest BCUT2D eigenvalue weighted by molar-refractivity contribution is 5.76.